The second-order valence-corrected chi connectivity index (χ2v) is 5.00. The second kappa shape index (κ2) is 6.10. The number of halogens is 5. The number of aromatic nitrogens is 1. The number of rotatable bonds is 3. The zero-order chi connectivity index (χ0) is 19.2. The summed E-state index contributed by atoms with van der Waals surface area (Å²) in [6, 6.07) is 4.66. The molecule has 3 rings (SSSR count). The van der Waals surface area contributed by atoms with E-state index in [9.17, 15) is 36.9 Å². The lowest BCUT2D eigenvalue weighted by Crippen LogP contribution is -2.14. The van der Waals surface area contributed by atoms with Crippen LogP contribution in [0.3, 0.4) is 0 Å². The Kier molecular flexibility index (Phi) is 4.06. The lowest BCUT2D eigenvalue weighted by molar-refractivity contribution is -0.384. The predicted molar refractivity (Wildman–Crippen MR) is 76.1 cm³/mol. The molecule has 134 valence electrons. The molecule has 0 radical (unpaired) electrons. The average molecular weight is 372 g/mol. The highest BCUT2D eigenvalue weighted by atomic mass is 19.2. The third-order valence-electron chi connectivity index (χ3n) is 3.40. The molecule has 0 bridgehead atoms. The minimum atomic E-state index is -2.39. The van der Waals surface area contributed by atoms with E-state index in [2.05, 4.69) is 9.72 Å². The van der Waals surface area contributed by atoms with Gasteiger partial charge in [-0.3, -0.25) is 10.1 Å². The Morgan fingerprint density at radius 1 is 0.962 bits per heavy atom. The SMILES string of the molecule is O=C(Oc1c(F)c(F)c(F)c(F)c1F)c1cc2ccc([N+](=O)[O-])cc2[nH]1. The fourth-order valence-corrected chi connectivity index (χ4v) is 2.16. The molecule has 0 spiro atoms. The number of hydrogen-bond acceptors (Lipinski definition) is 4. The number of benzene rings is 2. The van der Waals surface area contributed by atoms with Gasteiger partial charge < -0.3 is 9.72 Å². The van der Waals surface area contributed by atoms with Crippen molar-refractivity contribution < 1.29 is 36.4 Å². The number of carbonyl (C=O) groups excluding carboxylic acids is 1. The highest BCUT2D eigenvalue weighted by Crippen LogP contribution is 2.30. The van der Waals surface area contributed by atoms with Gasteiger partial charge in [-0.1, -0.05) is 0 Å². The molecule has 1 aromatic heterocycles. The molecule has 26 heavy (non-hydrogen) atoms. The van der Waals surface area contributed by atoms with Crippen LogP contribution in [0.2, 0.25) is 0 Å². The minimum absolute atomic E-state index is 0.128. The summed E-state index contributed by atoms with van der Waals surface area (Å²) in [6.07, 6.45) is 0. The van der Waals surface area contributed by atoms with Crippen LogP contribution in [0.25, 0.3) is 10.9 Å². The van der Waals surface area contributed by atoms with Crippen molar-refractivity contribution >= 4 is 22.6 Å². The van der Waals surface area contributed by atoms with Crippen LogP contribution in [0.4, 0.5) is 27.6 Å². The molecule has 0 atom stereocenters. The second-order valence-electron chi connectivity index (χ2n) is 5.00. The Bertz CT molecular complexity index is 1050. The van der Waals surface area contributed by atoms with Gasteiger partial charge in [-0.2, -0.15) is 8.78 Å². The van der Waals surface area contributed by atoms with E-state index in [0.717, 1.165) is 18.2 Å². The molecular formula is C15H5F5N2O4. The van der Waals surface area contributed by atoms with Crippen molar-refractivity contribution in [2.75, 3.05) is 0 Å². The van der Waals surface area contributed by atoms with Crippen molar-refractivity contribution in [3.8, 4) is 5.75 Å². The number of esters is 1. The van der Waals surface area contributed by atoms with Crippen LogP contribution in [-0.2, 0) is 0 Å². The van der Waals surface area contributed by atoms with Gasteiger partial charge in [0.25, 0.3) is 5.69 Å². The van der Waals surface area contributed by atoms with Crippen molar-refractivity contribution in [3.05, 3.63) is 69.2 Å². The molecule has 0 aliphatic heterocycles. The first-order valence-electron chi connectivity index (χ1n) is 6.71. The van der Waals surface area contributed by atoms with Gasteiger partial charge in [-0.05, 0) is 12.1 Å². The lowest BCUT2D eigenvalue weighted by atomic mass is 10.2. The van der Waals surface area contributed by atoms with E-state index < -0.39 is 51.4 Å². The number of non-ortho nitro benzene ring substituents is 1. The number of fused-ring (bicyclic) bond motifs is 1. The summed E-state index contributed by atoms with van der Waals surface area (Å²) in [5.41, 5.74) is -0.577. The summed E-state index contributed by atoms with van der Waals surface area (Å²) in [6.45, 7) is 0. The summed E-state index contributed by atoms with van der Waals surface area (Å²) in [5, 5.41) is 11.0. The monoisotopic (exact) mass is 372 g/mol. The smallest absolute Gasteiger partial charge is 0.360 e. The largest absolute Gasteiger partial charge is 0.415 e. The number of nitrogens with zero attached hydrogens (tertiary/aromatic N) is 1. The van der Waals surface area contributed by atoms with Gasteiger partial charge in [0.15, 0.2) is 0 Å². The Balaban J connectivity index is 1.99. The van der Waals surface area contributed by atoms with Crippen molar-refractivity contribution in [2.24, 2.45) is 0 Å². The van der Waals surface area contributed by atoms with E-state index >= 15 is 0 Å². The van der Waals surface area contributed by atoms with Crippen LogP contribution >= 0.6 is 0 Å². The quantitative estimate of drug-likeness (QED) is 0.143. The van der Waals surface area contributed by atoms with Crippen molar-refractivity contribution in [1.82, 2.24) is 4.98 Å². The van der Waals surface area contributed by atoms with Gasteiger partial charge in [0, 0.05) is 17.5 Å². The van der Waals surface area contributed by atoms with Gasteiger partial charge in [0.2, 0.25) is 34.8 Å². The van der Waals surface area contributed by atoms with Crippen molar-refractivity contribution in [1.29, 1.82) is 0 Å². The van der Waals surface area contributed by atoms with Crippen molar-refractivity contribution in [3.63, 3.8) is 0 Å². The highest BCUT2D eigenvalue weighted by molar-refractivity contribution is 5.96. The first kappa shape index (κ1) is 17.3. The molecule has 0 aliphatic rings. The number of nitrogens with one attached hydrogen (secondary N) is 1. The summed E-state index contributed by atoms with van der Waals surface area (Å²) in [4.78, 5) is 24.4. The van der Waals surface area contributed by atoms with Crippen molar-refractivity contribution in [2.45, 2.75) is 0 Å². The fraction of sp³-hybridized carbons (Fsp3) is 0. The molecule has 2 aromatic carbocycles. The van der Waals surface area contributed by atoms with E-state index in [4.69, 9.17) is 0 Å². The Morgan fingerprint density at radius 3 is 2.12 bits per heavy atom. The molecule has 0 fully saturated rings. The standard InChI is InChI=1S/C15H5F5N2O4/c16-9-10(17)12(19)14(13(20)11(9)18)26-15(23)8-3-5-1-2-6(22(24)25)4-7(5)21-8/h1-4,21H. The first-order valence-corrected chi connectivity index (χ1v) is 6.71. The third-order valence-corrected chi connectivity index (χ3v) is 3.40. The van der Waals surface area contributed by atoms with Crippen LogP contribution in [0.1, 0.15) is 10.5 Å². The molecule has 11 heteroatoms. The summed E-state index contributed by atoms with van der Waals surface area (Å²) in [7, 11) is 0. The van der Waals surface area contributed by atoms with Crippen LogP contribution in [0, 0.1) is 39.2 Å². The predicted octanol–water partition coefficient (Wildman–Crippen LogP) is 3.99. The molecule has 0 aliphatic carbocycles. The highest BCUT2D eigenvalue weighted by Gasteiger charge is 2.29. The topological polar surface area (TPSA) is 85.2 Å². The number of carbonyl (C=O) groups is 1. The summed E-state index contributed by atoms with van der Waals surface area (Å²) < 4.78 is 70.6. The Labute approximate surface area is 139 Å². The summed E-state index contributed by atoms with van der Waals surface area (Å²) in [5.74, 6) is -14.7. The number of ether oxygens (including phenoxy) is 1. The van der Waals surface area contributed by atoms with Gasteiger partial charge in [0.1, 0.15) is 5.69 Å². The molecule has 0 amide bonds. The van der Waals surface area contributed by atoms with E-state index in [1.54, 1.807) is 0 Å². The van der Waals surface area contributed by atoms with E-state index in [0.29, 0.717) is 5.39 Å². The Hall–Kier alpha value is -3.50. The zero-order valence-electron chi connectivity index (χ0n) is 12.3. The van der Waals surface area contributed by atoms with Gasteiger partial charge in [-0.25, -0.2) is 18.0 Å². The van der Waals surface area contributed by atoms with Crippen LogP contribution in [0.15, 0.2) is 24.3 Å². The molecular weight excluding hydrogens is 367 g/mol. The van der Waals surface area contributed by atoms with Crippen LogP contribution < -0.4 is 4.74 Å². The number of nitro benzene ring substituents is 1. The number of nitro groups is 1. The normalized spacial score (nSPS) is 11.0. The molecule has 0 saturated carbocycles. The fourth-order valence-electron chi connectivity index (χ4n) is 2.16. The maximum absolute atomic E-state index is 13.5. The van der Waals surface area contributed by atoms with E-state index in [1.165, 1.54) is 6.07 Å². The number of aromatic amines is 1. The molecule has 3 aromatic rings. The van der Waals surface area contributed by atoms with Gasteiger partial charge >= 0.3 is 5.97 Å². The zero-order valence-corrected chi connectivity index (χ0v) is 12.3. The maximum Gasteiger partial charge on any atom is 0.360 e. The maximum atomic E-state index is 13.5. The average Bonchev–Trinajstić information content (AvgIpc) is 3.05. The molecule has 0 unspecified atom stereocenters. The first-order chi connectivity index (χ1) is 12.2. The molecule has 6 nitrogen and oxygen atoms in total. The summed E-state index contributed by atoms with van der Waals surface area (Å²) >= 11 is 0. The molecule has 1 heterocycles. The third kappa shape index (κ3) is 2.72. The lowest BCUT2D eigenvalue weighted by Gasteiger charge is -2.07. The number of hydrogen-bond donors (Lipinski definition) is 1. The van der Waals surface area contributed by atoms with Crippen LogP contribution in [-0.4, -0.2) is 15.9 Å². The van der Waals surface area contributed by atoms with E-state index in [1.807, 2.05) is 0 Å². The van der Waals surface area contributed by atoms with Crippen LogP contribution in [0.5, 0.6) is 5.75 Å². The Morgan fingerprint density at radius 2 is 1.54 bits per heavy atom. The number of H-pyrrole nitrogens is 1. The molecule has 0 saturated heterocycles. The van der Waals surface area contributed by atoms with Gasteiger partial charge in [0.05, 0.1) is 10.4 Å². The van der Waals surface area contributed by atoms with Gasteiger partial charge in [-0.15, -0.1) is 0 Å². The molecule has 1 N–H and O–H groups in total. The van der Waals surface area contributed by atoms with E-state index in [-0.39, 0.29) is 11.2 Å². The minimum Gasteiger partial charge on any atom is -0.415 e.